The van der Waals surface area contributed by atoms with Crippen molar-refractivity contribution >= 4 is 11.8 Å². The van der Waals surface area contributed by atoms with E-state index in [4.69, 9.17) is 4.52 Å². The number of hydrogen-bond donors (Lipinski definition) is 0. The summed E-state index contributed by atoms with van der Waals surface area (Å²) < 4.78 is 7.47. The number of thioether (sulfide) groups is 1. The van der Waals surface area contributed by atoms with Gasteiger partial charge in [-0.05, 0) is 43.5 Å². The molecule has 0 atom stereocenters. The highest BCUT2D eigenvalue weighted by Crippen LogP contribution is 2.26. The predicted octanol–water partition coefficient (Wildman–Crippen LogP) is 4.79. The lowest BCUT2D eigenvalue weighted by Crippen LogP contribution is -1.99. The topological polar surface area (TPSA) is 69.6 Å². The van der Waals surface area contributed by atoms with Gasteiger partial charge in [-0.15, -0.1) is 10.2 Å². The number of rotatable bonds is 6. The fourth-order valence-corrected chi connectivity index (χ4v) is 3.78. The van der Waals surface area contributed by atoms with Gasteiger partial charge in [-0.3, -0.25) is 4.57 Å². The van der Waals surface area contributed by atoms with E-state index in [1.165, 1.54) is 22.9 Å². The first kappa shape index (κ1) is 18.4. The van der Waals surface area contributed by atoms with Crippen LogP contribution < -0.4 is 0 Å². The van der Waals surface area contributed by atoms with E-state index in [-0.39, 0.29) is 0 Å². The Hall–Kier alpha value is -2.93. The first-order chi connectivity index (χ1) is 13.6. The standard InChI is InChI=1S/C21H21N5OS/c1-4-16-8-10-17(11-9-16)20-22-19(27-25-20)13-28-21-24-23-15(3)26(21)18-7-5-6-14(2)12-18/h5-12H,4,13H2,1-3H3. The van der Waals surface area contributed by atoms with Crippen molar-refractivity contribution in [2.75, 3.05) is 0 Å². The van der Waals surface area contributed by atoms with Gasteiger partial charge in [0, 0.05) is 11.3 Å². The molecule has 28 heavy (non-hydrogen) atoms. The maximum atomic E-state index is 5.43. The number of nitrogens with zero attached hydrogens (tertiary/aromatic N) is 5. The second kappa shape index (κ2) is 7.98. The molecule has 2 aromatic heterocycles. The van der Waals surface area contributed by atoms with Crippen molar-refractivity contribution in [1.29, 1.82) is 0 Å². The Morgan fingerprint density at radius 2 is 1.86 bits per heavy atom. The quantitative estimate of drug-likeness (QED) is 0.440. The van der Waals surface area contributed by atoms with Gasteiger partial charge in [-0.1, -0.05) is 60.2 Å². The summed E-state index contributed by atoms with van der Waals surface area (Å²) in [6.07, 6.45) is 1.01. The Balaban J connectivity index is 1.51. The molecule has 2 heterocycles. The minimum absolute atomic E-state index is 0.532. The van der Waals surface area contributed by atoms with Gasteiger partial charge in [0.25, 0.3) is 0 Å². The monoisotopic (exact) mass is 391 g/mol. The van der Waals surface area contributed by atoms with Crippen LogP contribution in [0.4, 0.5) is 0 Å². The van der Waals surface area contributed by atoms with Gasteiger partial charge in [0.1, 0.15) is 5.82 Å². The molecule has 0 bridgehead atoms. The summed E-state index contributed by atoms with van der Waals surface area (Å²) in [6, 6.07) is 16.5. The molecule has 2 aromatic carbocycles. The van der Waals surface area contributed by atoms with Crippen LogP contribution in [0.1, 0.15) is 29.8 Å². The Labute approximate surface area is 168 Å². The van der Waals surface area contributed by atoms with E-state index in [9.17, 15) is 0 Å². The van der Waals surface area contributed by atoms with Crippen LogP contribution in [0.15, 0.2) is 58.2 Å². The van der Waals surface area contributed by atoms with Gasteiger partial charge in [0.15, 0.2) is 5.16 Å². The zero-order chi connectivity index (χ0) is 19.5. The van der Waals surface area contributed by atoms with Crippen molar-refractivity contribution in [2.45, 2.75) is 38.1 Å². The van der Waals surface area contributed by atoms with Crippen molar-refractivity contribution < 1.29 is 4.52 Å². The summed E-state index contributed by atoms with van der Waals surface area (Å²) in [5.41, 5.74) is 4.48. The van der Waals surface area contributed by atoms with Crippen molar-refractivity contribution in [3.8, 4) is 17.1 Å². The minimum Gasteiger partial charge on any atom is -0.338 e. The van der Waals surface area contributed by atoms with Gasteiger partial charge in [-0.25, -0.2) is 0 Å². The molecule has 0 fully saturated rings. The Morgan fingerprint density at radius 3 is 2.61 bits per heavy atom. The number of aryl methyl sites for hydroxylation is 3. The zero-order valence-electron chi connectivity index (χ0n) is 16.1. The summed E-state index contributed by atoms with van der Waals surface area (Å²) in [7, 11) is 0. The molecule has 4 aromatic rings. The van der Waals surface area contributed by atoms with E-state index in [2.05, 4.69) is 64.5 Å². The Kier molecular flexibility index (Phi) is 5.25. The molecule has 0 spiro atoms. The van der Waals surface area contributed by atoms with Crippen molar-refractivity contribution in [1.82, 2.24) is 24.9 Å². The maximum Gasteiger partial charge on any atom is 0.237 e. The maximum absolute atomic E-state index is 5.43. The summed E-state index contributed by atoms with van der Waals surface area (Å²) in [5, 5.41) is 13.4. The fraction of sp³-hybridized carbons (Fsp3) is 0.238. The van der Waals surface area contributed by atoms with Crippen molar-refractivity contribution in [3.63, 3.8) is 0 Å². The Morgan fingerprint density at radius 1 is 1.04 bits per heavy atom. The SMILES string of the molecule is CCc1ccc(-c2noc(CSc3nnc(C)n3-c3cccc(C)c3)n2)cc1. The third-order valence-electron chi connectivity index (χ3n) is 4.47. The lowest BCUT2D eigenvalue weighted by Gasteiger charge is -2.08. The molecule has 0 saturated carbocycles. The van der Waals surface area contributed by atoms with Crippen LogP contribution in [0, 0.1) is 13.8 Å². The van der Waals surface area contributed by atoms with E-state index in [0.29, 0.717) is 17.5 Å². The van der Waals surface area contributed by atoms with Crippen LogP contribution in [-0.4, -0.2) is 24.9 Å². The van der Waals surface area contributed by atoms with Crippen LogP contribution in [0.25, 0.3) is 17.1 Å². The molecule has 4 rings (SSSR count). The van der Waals surface area contributed by atoms with Crippen molar-refractivity contribution in [3.05, 3.63) is 71.4 Å². The van der Waals surface area contributed by atoms with Crippen molar-refractivity contribution in [2.24, 2.45) is 0 Å². The average molecular weight is 392 g/mol. The first-order valence-electron chi connectivity index (χ1n) is 9.18. The summed E-state index contributed by atoms with van der Waals surface area (Å²) in [4.78, 5) is 4.52. The van der Waals surface area contributed by atoms with Gasteiger partial charge in [-0.2, -0.15) is 4.98 Å². The lowest BCUT2D eigenvalue weighted by atomic mass is 10.1. The highest BCUT2D eigenvalue weighted by molar-refractivity contribution is 7.98. The van der Waals surface area contributed by atoms with E-state index in [0.717, 1.165) is 28.7 Å². The van der Waals surface area contributed by atoms with Gasteiger partial charge >= 0.3 is 0 Å². The Bertz CT molecular complexity index is 1080. The zero-order valence-corrected chi connectivity index (χ0v) is 16.9. The van der Waals surface area contributed by atoms with Gasteiger partial charge < -0.3 is 4.52 Å². The molecule has 0 aliphatic heterocycles. The normalized spacial score (nSPS) is 11.1. The highest BCUT2D eigenvalue weighted by Gasteiger charge is 2.14. The number of aromatic nitrogens is 5. The molecule has 0 amide bonds. The summed E-state index contributed by atoms with van der Waals surface area (Å²) in [5.74, 6) is 2.55. The van der Waals surface area contributed by atoms with E-state index in [1.54, 1.807) is 0 Å². The molecule has 7 heteroatoms. The van der Waals surface area contributed by atoms with Crippen LogP contribution >= 0.6 is 11.8 Å². The number of hydrogen-bond acceptors (Lipinski definition) is 6. The largest absolute Gasteiger partial charge is 0.338 e. The second-order valence-corrected chi connectivity index (χ2v) is 7.50. The third-order valence-corrected chi connectivity index (χ3v) is 5.38. The molecule has 0 unspecified atom stereocenters. The highest BCUT2D eigenvalue weighted by atomic mass is 32.2. The first-order valence-corrected chi connectivity index (χ1v) is 10.2. The molecule has 0 aliphatic rings. The third kappa shape index (κ3) is 3.84. The molecule has 0 N–H and O–H groups in total. The van der Waals surface area contributed by atoms with Gasteiger partial charge in [0.05, 0.1) is 5.75 Å². The van der Waals surface area contributed by atoms with Gasteiger partial charge in [0.2, 0.25) is 11.7 Å². The van der Waals surface area contributed by atoms with E-state index >= 15 is 0 Å². The predicted molar refractivity (Wildman–Crippen MR) is 110 cm³/mol. The van der Waals surface area contributed by atoms with Crippen LogP contribution in [0.2, 0.25) is 0 Å². The fourth-order valence-electron chi connectivity index (χ4n) is 2.95. The molecule has 142 valence electrons. The minimum atomic E-state index is 0.532. The molecule has 0 radical (unpaired) electrons. The molecule has 6 nitrogen and oxygen atoms in total. The summed E-state index contributed by atoms with van der Waals surface area (Å²) in [6.45, 7) is 6.16. The smallest absolute Gasteiger partial charge is 0.237 e. The van der Waals surface area contributed by atoms with Crippen LogP contribution in [-0.2, 0) is 12.2 Å². The molecular weight excluding hydrogens is 370 g/mol. The van der Waals surface area contributed by atoms with Crippen LogP contribution in [0.5, 0.6) is 0 Å². The molecule has 0 saturated heterocycles. The second-order valence-electron chi connectivity index (χ2n) is 6.56. The van der Waals surface area contributed by atoms with E-state index < -0.39 is 0 Å². The summed E-state index contributed by atoms with van der Waals surface area (Å²) >= 11 is 1.53. The average Bonchev–Trinajstić information content (AvgIpc) is 3.33. The molecular formula is C21H21N5OS. The lowest BCUT2D eigenvalue weighted by molar-refractivity contribution is 0.391. The van der Waals surface area contributed by atoms with Crippen LogP contribution in [0.3, 0.4) is 0 Å². The number of benzene rings is 2. The van der Waals surface area contributed by atoms with E-state index in [1.807, 2.05) is 29.7 Å². The molecule has 0 aliphatic carbocycles.